The summed E-state index contributed by atoms with van der Waals surface area (Å²) in [5.41, 5.74) is 1.75. The van der Waals surface area contributed by atoms with E-state index >= 15 is 0 Å². The molecule has 0 aliphatic carbocycles. The van der Waals surface area contributed by atoms with Gasteiger partial charge in [0.05, 0.1) is 0 Å². The summed E-state index contributed by atoms with van der Waals surface area (Å²) in [6.07, 6.45) is 0.977. The van der Waals surface area contributed by atoms with Gasteiger partial charge in [-0.25, -0.2) is 0 Å². The summed E-state index contributed by atoms with van der Waals surface area (Å²) in [5.74, 6) is 1.36. The zero-order valence-electron chi connectivity index (χ0n) is 16.2. The van der Waals surface area contributed by atoms with Gasteiger partial charge in [-0.1, -0.05) is 56.3 Å². The van der Waals surface area contributed by atoms with E-state index in [1.165, 1.54) is 5.56 Å². The SMILES string of the molecule is CC(C)c1cc(C(=O)N(C)C2CCN(Cc3ccccc3)CC2C)no1. The number of piperidine rings is 1. The Bertz CT molecular complexity index is 726. The Balaban J connectivity index is 1.60. The van der Waals surface area contributed by atoms with Gasteiger partial charge in [0.25, 0.3) is 5.91 Å². The largest absolute Gasteiger partial charge is 0.360 e. The van der Waals surface area contributed by atoms with Gasteiger partial charge in [-0.3, -0.25) is 9.69 Å². The molecule has 1 aliphatic heterocycles. The lowest BCUT2D eigenvalue weighted by molar-refractivity contribution is 0.0489. The number of aromatic nitrogens is 1. The van der Waals surface area contributed by atoms with Crippen LogP contribution in [-0.4, -0.2) is 47.0 Å². The Morgan fingerprint density at radius 1 is 1.35 bits per heavy atom. The van der Waals surface area contributed by atoms with Gasteiger partial charge in [-0.15, -0.1) is 0 Å². The lowest BCUT2D eigenvalue weighted by Gasteiger charge is -2.41. The molecule has 0 bridgehead atoms. The number of rotatable bonds is 5. The van der Waals surface area contributed by atoms with Crippen LogP contribution in [0, 0.1) is 5.92 Å². The fourth-order valence-electron chi connectivity index (χ4n) is 3.77. The van der Waals surface area contributed by atoms with Crippen molar-refractivity contribution in [3.8, 4) is 0 Å². The minimum atomic E-state index is -0.0472. The molecular formula is C21H29N3O2. The average Bonchev–Trinajstić information content (AvgIpc) is 3.12. The number of likely N-dealkylation sites (tertiary alicyclic amines) is 1. The maximum absolute atomic E-state index is 12.8. The van der Waals surface area contributed by atoms with Crippen molar-refractivity contribution in [2.75, 3.05) is 20.1 Å². The fourth-order valence-corrected chi connectivity index (χ4v) is 3.77. The number of benzene rings is 1. The third-order valence-electron chi connectivity index (χ3n) is 5.33. The van der Waals surface area contributed by atoms with Crippen LogP contribution in [0.1, 0.15) is 54.9 Å². The lowest BCUT2D eigenvalue weighted by atomic mass is 9.92. The molecule has 2 atom stereocenters. The second kappa shape index (κ2) is 8.04. The van der Waals surface area contributed by atoms with E-state index in [1.54, 1.807) is 6.07 Å². The standard InChI is InChI=1S/C21H29N3O2/c1-15(2)20-12-18(22-26-20)21(25)23(4)19-10-11-24(13-16(19)3)14-17-8-6-5-7-9-17/h5-9,12,15-16,19H,10-11,13-14H2,1-4H3. The Hall–Kier alpha value is -2.14. The molecule has 0 N–H and O–H groups in total. The fraction of sp³-hybridized carbons (Fsp3) is 0.524. The van der Waals surface area contributed by atoms with Crippen molar-refractivity contribution in [1.82, 2.24) is 15.0 Å². The van der Waals surface area contributed by atoms with Crippen LogP contribution < -0.4 is 0 Å². The van der Waals surface area contributed by atoms with Crippen LogP contribution in [-0.2, 0) is 6.54 Å². The zero-order valence-corrected chi connectivity index (χ0v) is 16.2. The normalized spacial score (nSPS) is 21.1. The van der Waals surface area contributed by atoms with Crippen LogP contribution in [0.25, 0.3) is 0 Å². The van der Waals surface area contributed by atoms with Crippen molar-refractivity contribution in [3.05, 3.63) is 53.4 Å². The smallest absolute Gasteiger partial charge is 0.276 e. The number of carbonyl (C=O) groups is 1. The molecule has 140 valence electrons. The van der Waals surface area contributed by atoms with Gasteiger partial charge < -0.3 is 9.42 Å². The summed E-state index contributed by atoms with van der Waals surface area (Å²) in [5, 5.41) is 3.97. The van der Waals surface area contributed by atoms with E-state index < -0.39 is 0 Å². The highest BCUT2D eigenvalue weighted by molar-refractivity contribution is 5.92. The molecule has 0 radical (unpaired) electrons. The third-order valence-corrected chi connectivity index (χ3v) is 5.33. The first-order valence-electron chi connectivity index (χ1n) is 9.45. The Morgan fingerprint density at radius 3 is 2.69 bits per heavy atom. The second-order valence-corrected chi connectivity index (χ2v) is 7.74. The molecule has 2 unspecified atom stereocenters. The average molecular weight is 355 g/mol. The molecule has 1 fully saturated rings. The quantitative estimate of drug-likeness (QED) is 0.819. The first-order chi connectivity index (χ1) is 12.5. The molecule has 1 amide bonds. The maximum Gasteiger partial charge on any atom is 0.276 e. The predicted molar refractivity (Wildman–Crippen MR) is 102 cm³/mol. The highest BCUT2D eigenvalue weighted by atomic mass is 16.5. The minimum Gasteiger partial charge on any atom is -0.360 e. The highest BCUT2D eigenvalue weighted by Crippen LogP contribution is 2.24. The molecule has 1 saturated heterocycles. The van der Waals surface area contributed by atoms with E-state index in [2.05, 4.69) is 41.2 Å². The van der Waals surface area contributed by atoms with E-state index in [9.17, 15) is 4.79 Å². The molecule has 26 heavy (non-hydrogen) atoms. The van der Waals surface area contributed by atoms with Crippen molar-refractivity contribution in [2.24, 2.45) is 5.92 Å². The number of nitrogens with zero attached hydrogens (tertiary/aromatic N) is 3. The third kappa shape index (κ3) is 4.15. The summed E-state index contributed by atoms with van der Waals surface area (Å²) in [6, 6.07) is 12.6. The number of hydrogen-bond donors (Lipinski definition) is 0. The number of amides is 1. The topological polar surface area (TPSA) is 49.6 Å². The van der Waals surface area contributed by atoms with Crippen LogP contribution in [0.15, 0.2) is 40.9 Å². The zero-order chi connectivity index (χ0) is 18.7. The van der Waals surface area contributed by atoms with Crippen LogP contribution in [0.2, 0.25) is 0 Å². The summed E-state index contributed by atoms with van der Waals surface area (Å²) in [6.45, 7) is 9.25. The van der Waals surface area contributed by atoms with Gasteiger partial charge in [0.1, 0.15) is 5.76 Å². The van der Waals surface area contributed by atoms with E-state index in [1.807, 2.05) is 31.9 Å². The van der Waals surface area contributed by atoms with Crippen molar-refractivity contribution < 1.29 is 9.32 Å². The van der Waals surface area contributed by atoms with E-state index in [-0.39, 0.29) is 17.9 Å². The van der Waals surface area contributed by atoms with Crippen molar-refractivity contribution in [3.63, 3.8) is 0 Å². The van der Waals surface area contributed by atoms with Gasteiger partial charge in [0.15, 0.2) is 5.69 Å². The van der Waals surface area contributed by atoms with Gasteiger partial charge in [0, 0.05) is 44.7 Å². The van der Waals surface area contributed by atoms with Gasteiger partial charge in [-0.05, 0) is 17.9 Å². The van der Waals surface area contributed by atoms with Crippen LogP contribution >= 0.6 is 0 Å². The van der Waals surface area contributed by atoms with E-state index in [4.69, 9.17) is 4.52 Å². The molecule has 0 saturated carbocycles. The monoisotopic (exact) mass is 355 g/mol. The summed E-state index contributed by atoms with van der Waals surface area (Å²) in [7, 11) is 1.89. The lowest BCUT2D eigenvalue weighted by Crippen LogP contribution is -2.50. The highest BCUT2D eigenvalue weighted by Gasteiger charge is 2.32. The van der Waals surface area contributed by atoms with Gasteiger partial charge >= 0.3 is 0 Å². The Labute approximate surface area is 156 Å². The van der Waals surface area contributed by atoms with Crippen molar-refractivity contribution in [2.45, 2.75) is 45.7 Å². The summed E-state index contributed by atoms with van der Waals surface area (Å²) < 4.78 is 5.29. The summed E-state index contributed by atoms with van der Waals surface area (Å²) >= 11 is 0. The molecule has 2 aromatic rings. The molecule has 1 aromatic heterocycles. The first-order valence-corrected chi connectivity index (χ1v) is 9.45. The molecule has 1 aromatic carbocycles. The molecule has 1 aliphatic rings. The molecule has 2 heterocycles. The van der Waals surface area contributed by atoms with Gasteiger partial charge in [-0.2, -0.15) is 0 Å². The van der Waals surface area contributed by atoms with Crippen LogP contribution in [0.3, 0.4) is 0 Å². The predicted octanol–water partition coefficient (Wildman–Crippen LogP) is 3.78. The summed E-state index contributed by atoms with van der Waals surface area (Å²) in [4.78, 5) is 17.1. The number of hydrogen-bond acceptors (Lipinski definition) is 4. The Morgan fingerprint density at radius 2 is 2.08 bits per heavy atom. The molecular weight excluding hydrogens is 326 g/mol. The molecule has 5 heteroatoms. The molecule has 5 nitrogen and oxygen atoms in total. The Kier molecular flexibility index (Phi) is 5.77. The maximum atomic E-state index is 12.8. The first kappa shape index (κ1) is 18.6. The molecule has 0 spiro atoms. The van der Waals surface area contributed by atoms with E-state index in [0.29, 0.717) is 11.6 Å². The van der Waals surface area contributed by atoms with E-state index in [0.717, 1.165) is 31.8 Å². The van der Waals surface area contributed by atoms with Gasteiger partial charge in [0.2, 0.25) is 0 Å². The minimum absolute atomic E-state index is 0.0472. The van der Waals surface area contributed by atoms with Crippen LogP contribution in [0.4, 0.5) is 0 Å². The molecule has 3 rings (SSSR count). The van der Waals surface area contributed by atoms with Crippen LogP contribution in [0.5, 0.6) is 0 Å². The second-order valence-electron chi connectivity index (χ2n) is 7.74. The van der Waals surface area contributed by atoms with Crippen molar-refractivity contribution in [1.29, 1.82) is 0 Å². The number of carbonyl (C=O) groups excluding carboxylic acids is 1. The van der Waals surface area contributed by atoms with Crippen molar-refractivity contribution >= 4 is 5.91 Å².